The summed E-state index contributed by atoms with van der Waals surface area (Å²) >= 11 is 0. The molecule has 2 aliphatic heterocycles. The van der Waals surface area contributed by atoms with Crippen LogP contribution in [0.5, 0.6) is 5.75 Å². The highest BCUT2D eigenvalue weighted by Crippen LogP contribution is 2.36. The van der Waals surface area contributed by atoms with Crippen molar-refractivity contribution in [2.24, 2.45) is 0 Å². The number of amides is 1. The minimum absolute atomic E-state index is 0.190. The summed E-state index contributed by atoms with van der Waals surface area (Å²) in [5.74, 6) is 0.837. The summed E-state index contributed by atoms with van der Waals surface area (Å²) in [5, 5.41) is 0. The van der Waals surface area contributed by atoms with Crippen molar-refractivity contribution in [2.45, 2.75) is 71.1 Å². The molecule has 2 heterocycles. The zero-order chi connectivity index (χ0) is 22.2. The van der Waals surface area contributed by atoms with Crippen molar-refractivity contribution >= 4 is 17.5 Å². The largest absolute Gasteiger partial charge is 0.488 e. The van der Waals surface area contributed by atoms with Crippen LogP contribution in [-0.4, -0.2) is 72.9 Å². The maximum absolute atomic E-state index is 12.3. The van der Waals surface area contributed by atoms with Crippen LogP contribution in [0, 0.1) is 6.92 Å². The van der Waals surface area contributed by atoms with Crippen molar-refractivity contribution in [1.82, 2.24) is 9.80 Å². The number of hydrogen-bond acceptors (Lipinski definition) is 6. The number of nitrogen functional groups attached to an aromatic ring is 1. The number of piperidine rings is 1. The van der Waals surface area contributed by atoms with Gasteiger partial charge in [0.25, 0.3) is 0 Å². The van der Waals surface area contributed by atoms with Crippen molar-refractivity contribution in [3.05, 3.63) is 17.7 Å². The summed E-state index contributed by atoms with van der Waals surface area (Å²) in [6.45, 7) is 13.3. The van der Waals surface area contributed by atoms with Gasteiger partial charge in [-0.15, -0.1) is 0 Å². The van der Waals surface area contributed by atoms with Crippen LogP contribution in [0.25, 0.3) is 0 Å². The van der Waals surface area contributed by atoms with Crippen molar-refractivity contribution in [2.75, 3.05) is 49.9 Å². The van der Waals surface area contributed by atoms with E-state index in [4.69, 9.17) is 15.2 Å². The van der Waals surface area contributed by atoms with E-state index < -0.39 is 5.60 Å². The summed E-state index contributed by atoms with van der Waals surface area (Å²) < 4.78 is 11.5. The number of nitrogens with two attached hydrogens (primary N) is 1. The number of anilines is 2. The number of aryl methyl sites for hydroxylation is 1. The molecular weight excluding hydrogens is 392 g/mol. The van der Waals surface area contributed by atoms with Gasteiger partial charge < -0.3 is 25.0 Å². The fourth-order valence-electron chi connectivity index (χ4n) is 4.58. The van der Waals surface area contributed by atoms with E-state index in [1.807, 2.05) is 25.7 Å². The first-order valence-corrected chi connectivity index (χ1v) is 11.7. The molecule has 3 fully saturated rings. The van der Waals surface area contributed by atoms with Gasteiger partial charge in [-0.1, -0.05) is 0 Å². The Morgan fingerprint density at radius 1 is 1.00 bits per heavy atom. The molecule has 0 spiro atoms. The van der Waals surface area contributed by atoms with Crippen molar-refractivity contribution < 1.29 is 14.3 Å². The van der Waals surface area contributed by atoms with Crippen molar-refractivity contribution in [1.29, 1.82) is 0 Å². The average Bonchev–Trinajstić information content (AvgIpc) is 3.53. The second kappa shape index (κ2) is 8.77. The molecule has 0 atom stereocenters. The minimum Gasteiger partial charge on any atom is -0.488 e. The maximum atomic E-state index is 12.3. The summed E-state index contributed by atoms with van der Waals surface area (Å²) in [4.78, 5) is 19.2. The van der Waals surface area contributed by atoms with Crippen molar-refractivity contribution in [3.63, 3.8) is 0 Å². The third-order valence-electron chi connectivity index (χ3n) is 6.43. The molecule has 7 heteroatoms. The molecule has 1 aromatic carbocycles. The summed E-state index contributed by atoms with van der Waals surface area (Å²) in [6.07, 6.45) is 4.70. The topological polar surface area (TPSA) is 71.3 Å². The fraction of sp³-hybridized carbons (Fsp3) is 0.708. The first-order chi connectivity index (χ1) is 14.7. The highest BCUT2D eigenvalue weighted by atomic mass is 16.6. The standard InChI is InChI=1S/C24H38N4O3/c1-17-15-20(25)22(30-19-5-6-19)16-21(17)27-9-7-18(8-10-27)26-11-13-28(14-12-26)23(29)31-24(2,3)4/h15-16,18-19H,5-14,25H2,1-4H3. The number of carbonyl (C=O) groups excluding carboxylic acids is 1. The molecule has 4 rings (SSSR count). The van der Waals surface area contributed by atoms with E-state index in [0.717, 1.165) is 76.4 Å². The molecule has 7 nitrogen and oxygen atoms in total. The van der Waals surface area contributed by atoms with Gasteiger partial charge in [-0.05, 0) is 65.0 Å². The van der Waals surface area contributed by atoms with Gasteiger partial charge in [0.1, 0.15) is 11.4 Å². The van der Waals surface area contributed by atoms with E-state index in [1.54, 1.807) is 0 Å². The fourth-order valence-corrected chi connectivity index (χ4v) is 4.58. The second-order valence-electron chi connectivity index (χ2n) is 10.2. The van der Waals surface area contributed by atoms with E-state index >= 15 is 0 Å². The molecule has 0 unspecified atom stereocenters. The van der Waals surface area contributed by atoms with Crippen LogP contribution < -0.4 is 15.4 Å². The van der Waals surface area contributed by atoms with Gasteiger partial charge in [0.05, 0.1) is 11.8 Å². The third-order valence-corrected chi connectivity index (χ3v) is 6.43. The number of piperazine rings is 1. The number of carbonyl (C=O) groups is 1. The lowest BCUT2D eigenvalue weighted by Crippen LogP contribution is -2.55. The van der Waals surface area contributed by atoms with Crippen LogP contribution in [-0.2, 0) is 4.74 Å². The van der Waals surface area contributed by atoms with Crippen molar-refractivity contribution in [3.8, 4) is 5.75 Å². The third kappa shape index (κ3) is 5.56. The highest BCUT2D eigenvalue weighted by molar-refractivity contribution is 5.68. The predicted octanol–water partition coefficient (Wildman–Crippen LogP) is 3.64. The molecule has 0 bridgehead atoms. The summed E-state index contributed by atoms with van der Waals surface area (Å²) in [6, 6.07) is 4.77. The molecule has 172 valence electrons. The zero-order valence-electron chi connectivity index (χ0n) is 19.5. The number of nitrogens with zero attached hydrogens (tertiary/aromatic N) is 3. The van der Waals surface area contributed by atoms with Gasteiger partial charge in [-0.3, -0.25) is 4.90 Å². The first kappa shape index (κ1) is 22.1. The highest BCUT2D eigenvalue weighted by Gasteiger charge is 2.31. The molecule has 2 saturated heterocycles. The Labute approximate surface area is 186 Å². The Morgan fingerprint density at radius 3 is 2.23 bits per heavy atom. The molecule has 3 aliphatic rings. The van der Waals surface area contributed by atoms with Crippen LogP contribution in [0.1, 0.15) is 52.0 Å². The van der Waals surface area contributed by atoms with E-state index in [2.05, 4.69) is 28.9 Å². The van der Waals surface area contributed by atoms with Crippen LogP contribution >= 0.6 is 0 Å². The Morgan fingerprint density at radius 2 is 1.65 bits per heavy atom. The molecule has 1 aromatic rings. The number of rotatable bonds is 4. The number of hydrogen-bond donors (Lipinski definition) is 1. The zero-order valence-corrected chi connectivity index (χ0v) is 19.5. The molecule has 1 saturated carbocycles. The SMILES string of the molecule is Cc1cc(N)c(OC2CC2)cc1N1CCC(N2CCN(C(=O)OC(C)(C)C)CC2)CC1. The second-order valence-corrected chi connectivity index (χ2v) is 10.2. The monoisotopic (exact) mass is 430 g/mol. The van der Waals surface area contributed by atoms with Crippen LogP contribution in [0.15, 0.2) is 12.1 Å². The van der Waals surface area contributed by atoms with E-state index in [1.165, 1.54) is 11.3 Å². The quantitative estimate of drug-likeness (QED) is 0.736. The molecule has 2 N–H and O–H groups in total. The molecule has 1 amide bonds. The Kier molecular flexibility index (Phi) is 6.24. The number of benzene rings is 1. The van der Waals surface area contributed by atoms with E-state index in [0.29, 0.717) is 12.1 Å². The lowest BCUT2D eigenvalue weighted by Gasteiger charge is -2.43. The lowest BCUT2D eigenvalue weighted by molar-refractivity contribution is 0.00902. The van der Waals surface area contributed by atoms with Gasteiger partial charge in [-0.2, -0.15) is 0 Å². The Hall–Kier alpha value is -2.15. The van der Waals surface area contributed by atoms with Gasteiger partial charge in [0.15, 0.2) is 0 Å². The average molecular weight is 431 g/mol. The van der Waals surface area contributed by atoms with E-state index in [-0.39, 0.29) is 6.09 Å². The Balaban J connectivity index is 1.29. The van der Waals surface area contributed by atoms with Gasteiger partial charge in [0, 0.05) is 57.1 Å². The lowest BCUT2D eigenvalue weighted by atomic mass is 10.0. The molecule has 31 heavy (non-hydrogen) atoms. The molecule has 0 radical (unpaired) electrons. The summed E-state index contributed by atoms with van der Waals surface area (Å²) in [7, 11) is 0. The van der Waals surface area contributed by atoms with Gasteiger partial charge in [0.2, 0.25) is 0 Å². The first-order valence-electron chi connectivity index (χ1n) is 11.7. The Bertz CT molecular complexity index is 787. The smallest absolute Gasteiger partial charge is 0.410 e. The van der Waals surface area contributed by atoms with Crippen LogP contribution in [0.2, 0.25) is 0 Å². The molecule has 1 aliphatic carbocycles. The van der Waals surface area contributed by atoms with Crippen LogP contribution in [0.4, 0.5) is 16.2 Å². The van der Waals surface area contributed by atoms with Gasteiger partial charge >= 0.3 is 6.09 Å². The number of ether oxygens (including phenoxy) is 2. The predicted molar refractivity (Wildman–Crippen MR) is 124 cm³/mol. The normalized spacial score (nSPS) is 21.3. The maximum Gasteiger partial charge on any atom is 0.410 e. The minimum atomic E-state index is -0.440. The summed E-state index contributed by atoms with van der Waals surface area (Å²) in [5.41, 5.74) is 8.96. The molecular formula is C24H38N4O3. The molecule has 0 aromatic heterocycles. The van der Waals surface area contributed by atoms with Crippen LogP contribution in [0.3, 0.4) is 0 Å². The van der Waals surface area contributed by atoms with E-state index in [9.17, 15) is 4.79 Å². The van der Waals surface area contributed by atoms with Gasteiger partial charge in [-0.25, -0.2) is 4.79 Å².